The molecule has 1 aromatic carbocycles. The molecule has 1 aliphatic rings. The summed E-state index contributed by atoms with van der Waals surface area (Å²) in [5, 5.41) is 4.65. The van der Waals surface area contributed by atoms with E-state index in [1.54, 1.807) is 40.8 Å². The minimum absolute atomic E-state index is 0.316. The first-order valence-corrected chi connectivity index (χ1v) is 10.2. The second-order valence-corrected chi connectivity index (χ2v) is 8.84. The molecule has 0 radical (unpaired) electrons. The molecule has 0 atom stereocenters. The Hall–Kier alpha value is -0.920. The van der Waals surface area contributed by atoms with Gasteiger partial charge in [-0.15, -0.1) is 0 Å². The number of sulfonamides is 1. The Bertz CT molecular complexity index is 767. The van der Waals surface area contributed by atoms with Gasteiger partial charge in [0, 0.05) is 37.7 Å². The number of benzene rings is 1. The summed E-state index contributed by atoms with van der Waals surface area (Å²) in [5.41, 5.74) is 2.02. The molecule has 0 N–H and O–H groups in total. The number of piperazine rings is 1. The minimum Gasteiger partial charge on any atom is -0.296 e. The van der Waals surface area contributed by atoms with E-state index in [4.69, 9.17) is 11.6 Å². The van der Waals surface area contributed by atoms with Crippen LogP contribution in [0.1, 0.15) is 11.1 Å². The Labute approximate surface area is 146 Å². The first kappa shape index (κ1) is 16.9. The smallest absolute Gasteiger partial charge is 0.243 e. The summed E-state index contributed by atoms with van der Waals surface area (Å²) >= 11 is 7.66. The average molecular weight is 371 g/mol. The van der Waals surface area contributed by atoms with E-state index in [1.165, 1.54) is 5.56 Å². The summed E-state index contributed by atoms with van der Waals surface area (Å²) in [6.07, 6.45) is 0. The zero-order valence-electron chi connectivity index (χ0n) is 12.9. The lowest BCUT2D eigenvalue weighted by Crippen LogP contribution is -2.48. The van der Waals surface area contributed by atoms with Gasteiger partial charge in [0.05, 0.1) is 4.90 Å². The highest BCUT2D eigenvalue weighted by Gasteiger charge is 2.29. The lowest BCUT2D eigenvalue weighted by atomic mass is 10.2. The van der Waals surface area contributed by atoms with Crippen molar-refractivity contribution in [1.29, 1.82) is 0 Å². The van der Waals surface area contributed by atoms with Crippen molar-refractivity contribution < 1.29 is 8.42 Å². The fourth-order valence-corrected chi connectivity index (χ4v) is 5.33. The van der Waals surface area contributed by atoms with Gasteiger partial charge in [0.1, 0.15) is 0 Å². The molecule has 0 unspecified atom stereocenters. The third kappa shape index (κ3) is 3.78. The number of hydrogen-bond donors (Lipinski definition) is 0. The molecule has 1 fully saturated rings. The van der Waals surface area contributed by atoms with Crippen molar-refractivity contribution in [1.82, 2.24) is 9.21 Å². The van der Waals surface area contributed by atoms with Crippen LogP contribution in [-0.4, -0.2) is 43.8 Å². The van der Waals surface area contributed by atoms with Crippen molar-refractivity contribution in [2.24, 2.45) is 0 Å². The van der Waals surface area contributed by atoms with E-state index >= 15 is 0 Å². The number of nitrogens with zero attached hydrogens (tertiary/aromatic N) is 2. The van der Waals surface area contributed by atoms with Gasteiger partial charge in [-0.1, -0.05) is 17.7 Å². The number of halogens is 1. The van der Waals surface area contributed by atoms with Crippen LogP contribution in [-0.2, 0) is 16.6 Å². The maximum Gasteiger partial charge on any atom is 0.243 e. The first-order valence-electron chi connectivity index (χ1n) is 7.46. The van der Waals surface area contributed by atoms with E-state index in [9.17, 15) is 8.42 Å². The predicted molar refractivity (Wildman–Crippen MR) is 94.5 cm³/mol. The molecule has 2 heterocycles. The quantitative estimate of drug-likeness (QED) is 0.829. The van der Waals surface area contributed by atoms with Gasteiger partial charge in [-0.25, -0.2) is 8.42 Å². The van der Waals surface area contributed by atoms with Gasteiger partial charge in [-0.3, -0.25) is 4.90 Å². The third-order valence-corrected chi connectivity index (χ3v) is 7.09. The summed E-state index contributed by atoms with van der Waals surface area (Å²) in [4.78, 5) is 2.61. The van der Waals surface area contributed by atoms with Crippen molar-refractivity contribution in [2.45, 2.75) is 18.4 Å². The van der Waals surface area contributed by atoms with E-state index in [2.05, 4.69) is 21.7 Å². The number of aryl methyl sites for hydroxylation is 1. The second-order valence-electron chi connectivity index (χ2n) is 5.72. The molecule has 1 aliphatic heterocycles. The van der Waals surface area contributed by atoms with Gasteiger partial charge >= 0.3 is 0 Å². The number of hydrogen-bond acceptors (Lipinski definition) is 4. The van der Waals surface area contributed by atoms with Crippen LogP contribution in [0.2, 0.25) is 5.02 Å². The second kappa shape index (κ2) is 6.91. The van der Waals surface area contributed by atoms with E-state index in [0.29, 0.717) is 23.0 Å². The summed E-state index contributed by atoms with van der Waals surface area (Å²) < 4.78 is 27.2. The molecule has 0 spiro atoms. The molecule has 0 aliphatic carbocycles. The number of rotatable bonds is 4. The summed E-state index contributed by atoms with van der Waals surface area (Å²) in [6.45, 7) is 5.20. The third-order valence-electron chi connectivity index (χ3n) is 4.09. The molecule has 1 saturated heterocycles. The molecule has 2 aromatic rings. The molecular formula is C16H19ClN2O2S2. The normalized spacial score (nSPS) is 17.5. The fourth-order valence-electron chi connectivity index (χ4n) is 2.76. The van der Waals surface area contributed by atoms with Crippen molar-refractivity contribution in [3.05, 3.63) is 51.2 Å². The van der Waals surface area contributed by atoms with Crippen LogP contribution in [0, 0.1) is 6.92 Å². The van der Waals surface area contributed by atoms with Gasteiger partial charge < -0.3 is 0 Å². The Morgan fingerprint density at radius 2 is 1.91 bits per heavy atom. The van der Waals surface area contributed by atoms with E-state index in [1.807, 2.05) is 0 Å². The van der Waals surface area contributed by atoms with Crippen LogP contribution in [0.5, 0.6) is 0 Å². The van der Waals surface area contributed by atoms with E-state index < -0.39 is 10.0 Å². The van der Waals surface area contributed by atoms with Crippen LogP contribution in [0.25, 0.3) is 0 Å². The largest absolute Gasteiger partial charge is 0.296 e. The van der Waals surface area contributed by atoms with Crippen molar-refractivity contribution >= 4 is 33.0 Å². The Morgan fingerprint density at radius 3 is 2.57 bits per heavy atom. The summed E-state index contributed by atoms with van der Waals surface area (Å²) in [5.74, 6) is 0. The zero-order valence-corrected chi connectivity index (χ0v) is 15.3. The van der Waals surface area contributed by atoms with Crippen molar-refractivity contribution in [2.75, 3.05) is 26.2 Å². The lowest BCUT2D eigenvalue weighted by molar-refractivity contribution is 0.182. The summed E-state index contributed by atoms with van der Waals surface area (Å²) in [6, 6.07) is 7.13. The molecule has 0 amide bonds. The van der Waals surface area contributed by atoms with Crippen molar-refractivity contribution in [3.8, 4) is 0 Å². The predicted octanol–water partition coefficient (Wildman–Crippen LogP) is 3.22. The number of thiophene rings is 1. The van der Waals surface area contributed by atoms with E-state index in [0.717, 1.165) is 25.2 Å². The first-order chi connectivity index (χ1) is 11.0. The molecule has 0 bridgehead atoms. The van der Waals surface area contributed by atoms with Crippen LogP contribution < -0.4 is 0 Å². The lowest BCUT2D eigenvalue weighted by Gasteiger charge is -2.34. The van der Waals surface area contributed by atoms with Gasteiger partial charge in [0.25, 0.3) is 0 Å². The molecular weight excluding hydrogens is 352 g/mol. The van der Waals surface area contributed by atoms with E-state index in [-0.39, 0.29) is 0 Å². The van der Waals surface area contributed by atoms with Crippen LogP contribution in [0.15, 0.2) is 39.9 Å². The average Bonchev–Trinajstić information content (AvgIpc) is 3.03. The maximum absolute atomic E-state index is 12.8. The Morgan fingerprint density at radius 1 is 1.17 bits per heavy atom. The highest BCUT2D eigenvalue weighted by molar-refractivity contribution is 7.89. The molecule has 3 rings (SSSR count). The fraction of sp³-hybridized carbons (Fsp3) is 0.375. The van der Waals surface area contributed by atoms with Crippen LogP contribution in [0.3, 0.4) is 0 Å². The molecule has 7 heteroatoms. The molecule has 4 nitrogen and oxygen atoms in total. The maximum atomic E-state index is 12.8. The standard InChI is InChI=1S/C16H19ClN2O2S2/c1-13-2-3-15(17)10-16(13)23(20,21)19-7-5-18(6-8-19)11-14-4-9-22-12-14/h2-4,9-10,12H,5-8,11H2,1H3. The minimum atomic E-state index is -3.48. The molecule has 124 valence electrons. The topological polar surface area (TPSA) is 40.6 Å². The van der Waals surface area contributed by atoms with Gasteiger partial charge in [0.2, 0.25) is 10.0 Å². The monoisotopic (exact) mass is 370 g/mol. The highest BCUT2D eigenvalue weighted by atomic mass is 35.5. The Kier molecular flexibility index (Phi) is 5.08. The van der Waals surface area contributed by atoms with Crippen LogP contribution in [0.4, 0.5) is 0 Å². The Balaban J connectivity index is 1.70. The van der Waals surface area contributed by atoms with Gasteiger partial charge in [-0.05, 0) is 47.0 Å². The van der Waals surface area contributed by atoms with Gasteiger partial charge in [0.15, 0.2) is 0 Å². The summed E-state index contributed by atoms with van der Waals surface area (Å²) in [7, 11) is -3.48. The molecule has 0 saturated carbocycles. The van der Waals surface area contributed by atoms with Gasteiger partial charge in [-0.2, -0.15) is 15.6 Å². The zero-order chi connectivity index (χ0) is 16.4. The van der Waals surface area contributed by atoms with Crippen molar-refractivity contribution in [3.63, 3.8) is 0 Å². The molecule has 23 heavy (non-hydrogen) atoms. The SMILES string of the molecule is Cc1ccc(Cl)cc1S(=O)(=O)N1CCN(Cc2ccsc2)CC1. The molecule has 1 aromatic heterocycles. The highest BCUT2D eigenvalue weighted by Crippen LogP contribution is 2.24. The van der Waals surface area contributed by atoms with Crippen LogP contribution >= 0.6 is 22.9 Å².